The van der Waals surface area contributed by atoms with Crippen LogP contribution in [0.4, 0.5) is 11.4 Å². The average Bonchev–Trinajstić information content (AvgIpc) is 2.28. The number of anilines is 2. The Bertz CT molecular complexity index is 403. The number of benzene rings is 1. The number of hydrogen-bond acceptors (Lipinski definition) is 3. The van der Waals surface area contributed by atoms with Crippen LogP contribution in [0.5, 0.6) is 0 Å². The molecule has 0 unspecified atom stereocenters. The van der Waals surface area contributed by atoms with Gasteiger partial charge in [0.15, 0.2) is 0 Å². The number of hydrogen-bond donors (Lipinski definition) is 1. The van der Waals surface area contributed by atoms with Crippen LogP contribution in [0.25, 0.3) is 0 Å². The summed E-state index contributed by atoms with van der Waals surface area (Å²) in [4.78, 5) is 4.54. The molecule has 2 N–H and O–H groups in total. The molecule has 0 radical (unpaired) electrons. The number of rotatable bonds is 2. The van der Waals surface area contributed by atoms with Crippen LogP contribution < -0.4 is 10.6 Å². The Kier molecular flexibility index (Phi) is 4.25. The molecule has 0 aromatic heterocycles. The second-order valence-corrected chi connectivity index (χ2v) is 5.83. The Morgan fingerprint density at radius 2 is 1.67 bits per heavy atom. The number of nitrogens with two attached hydrogens (primary N) is 1. The van der Waals surface area contributed by atoms with Gasteiger partial charge in [-0.1, -0.05) is 23.2 Å². The minimum Gasteiger partial charge on any atom is -0.399 e. The van der Waals surface area contributed by atoms with Crippen molar-refractivity contribution in [2.75, 3.05) is 37.8 Å². The van der Waals surface area contributed by atoms with E-state index in [1.54, 1.807) is 12.1 Å². The van der Waals surface area contributed by atoms with Crippen LogP contribution in [0, 0.1) is 0 Å². The zero-order chi connectivity index (χ0) is 13.3. The third-order valence-corrected chi connectivity index (χ3v) is 4.13. The van der Waals surface area contributed by atoms with Crippen molar-refractivity contribution in [3.05, 3.63) is 22.2 Å². The van der Waals surface area contributed by atoms with Gasteiger partial charge < -0.3 is 15.5 Å². The van der Waals surface area contributed by atoms with Crippen molar-refractivity contribution in [2.45, 2.75) is 18.9 Å². The highest BCUT2D eigenvalue weighted by Crippen LogP contribution is 2.37. The summed E-state index contributed by atoms with van der Waals surface area (Å²) in [5.41, 5.74) is 7.25. The highest BCUT2D eigenvalue weighted by atomic mass is 35.5. The first-order chi connectivity index (χ1) is 8.49. The Balaban J connectivity index is 2.15. The maximum atomic E-state index is 6.25. The van der Waals surface area contributed by atoms with Gasteiger partial charge in [0, 0.05) is 24.8 Å². The monoisotopic (exact) mass is 287 g/mol. The molecule has 1 aromatic rings. The van der Waals surface area contributed by atoms with E-state index >= 15 is 0 Å². The van der Waals surface area contributed by atoms with Crippen LogP contribution in [0.3, 0.4) is 0 Å². The molecule has 0 spiro atoms. The van der Waals surface area contributed by atoms with Gasteiger partial charge in [0.1, 0.15) is 0 Å². The number of nitrogens with zero attached hydrogens (tertiary/aromatic N) is 2. The fraction of sp³-hybridized carbons (Fsp3) is 0.538. The summed E-state index contributed by atoms with van der Waals surface area (Å²) in [6.45, 7) is 1.96. The lowest BCUT2D eigenvalue weighted by atomic mass is 10.0. The first-order valence-corrected chi connectivity index (χ1v) is 6.90. The average molecular weight is 288 g/mol. The summed E-state index contributed by atoms with van der Waals surface area (Å²) in [7, 11) is 4.26. The van der Waals surface area contributed by atoms with Crippen LogP contribution in [0.2, 0.25) is 10.0 Å². The molecule has 1 aliphatic rings. The minimum absolute atomic E-state index is 0.608. The Morgan fingerprint density at radius 1 is 1.17 bits per heavy atom. The molecule has 1 heterocycles. The third-order valence-electron chi connectivity index (χ3n) is 3.55. The lowest BCUT2D eigenvalue weighted by Gasteiger charge is -2.37. The van der Waals surface area contributed by atoms with E-state index in [-0.39, 0.29) is 0 Å². The van der Waals surface area contributed by atoms with Crippen LogP contribution >= 0.6 is 23.2 Å². The molecule has 100 valence electrons. The summed E-state index contributed by atoms with van der Waals surface area (Å²) in [5.74, 6) is 0. The van der Waals surface area contributed by atoms with Crippen LogP contribution in [0.1, 0.15) is 12.8 Å². The molecular formula is C13H19Cl2N3. The van der Waals surface area contributed by atoms with Crippen molar-refractivity contribution in [3.8, 4) is 0 Å². The second kappa shape index (κ2) is 5.55. The van der Waals surface area contributed by atoms with Crippen molar-refractivity contribution < 1.29 is 0 Å². The Morgan fingerprint density at radius 3 is 2.11 bits per heavy atom. The SMILES string of the molecule is CN(C)C1CCN(c2c(Cl)cc(N)cc2Cl)CC1. The molecule has 1 aliphatic heterocycles. The molecule has 1 fully saturated rings. The van der Waals surface area contributed by atoms with E-state index in [0.717, 1.165) is 31.6 Å². The topological polar surface area (TPSA) is 32.5 Å². The maximum Gasteiger partial charge on any atom is 0.0746 e. The fourth-order valence-corrected chi connectivity index (χ4v) is 3.24. The molecule has 3 nitrogen and oxygen atoms in total. The zero-order valence-electron chi connectivity index (χ0n) is 10.8. The van der Waals surface area contributed by atoms with Gasteiger partial charge in [-0.2, -0.15) is 0 Å². The van der Waals surface area contributed by atoms with Gasteiger partial charge in [-0.3, -0.25) is 0 Å². The molecule has 0 saturated carbocycles. The number of piperidine rings is 1. The predicted octanol–water partition coefficient (Wildman–Crippen LogP) is 3.11. The number of halogens is 2. The highest BCUT2D eigenvalue weighted by Gasteiger charge is 2.23. The molecule has 1 saturated heterocycles. The van der Waals surface area contributed by atoms with E-state index in [9.17, 15) is 0 Å². The van der Waals surface area contributed by atoms with Gasteiger partial charge in [-0.25, -0.2) is 0 Å². The molecule has 0 aliphatic carbocycles. The first kappa shape index (κ1) is 13.8. The van der Waals surface area contributed by atoms with Gasteiger partial charge in [-0.15, -0.1) is 0 Å². The fourth-order valence-electron chi connectivity index (χ4n) is 2.49. The van der Waals surface area contributed by atoms with E-state index in [1.165, 1.54) is 0 Å². The van der Waals surface area contributed by atoms with Crippen molar-refractivity contribution in [2.24, 2.45) is 0 Å². The van der Waals surface area contributed by atoms with E-state index < -0.39 is 0 Å². The number of nitrogen functional groups attached to an aromatic ring is 1. The van der Waals surface area contributed by atoms with Gasteiger partial charge in [-0.05, 0) is 39.1 Å². The van der Waals surface area contributed by atoms with E-state index in [1.807, 2.05) is 0 Å². The van der Waals surface area contributed by atoms with Crippen molar-refractivity contribution in [3.63, 3.8) is 0 Å². The second-order valence-electron chi connectivity index (χ2n) is 5.01. The highest BCUT2D eigenvalue weighted by molar-refractivity contribution is 6.39. The molecule has 0 bridgehead atoms. The van der Waals surface area contributed by atoms with Gasteiger partial charge in [0.2, 0.25) is 0 Å². The van der Waals surface area contributed by atoms with Gasteiger partial charge >= 0.3 is 0 Å². The van der Waals surface area contributed by atoms with Crippen molar-refractivity contribution >= 4 is 34.6 Å². The lowest BCUT2D eigenvalue weighted by Crippen LogP contribution is -2.42. The summed E-state index contributed by atoms with van der Waals surface area (Å²) in [6, 6.07) is 4.18. The largest absolute Gasteiger partial charge is 0.399 e. The van der Waals surface area contributed by atoms with Crippen molar-refractivity contribution in [1.29, 1.82) is 0 Å². The molecule has 1 aromatic carbocycles. The molecule has 2 rings (SSSR count). The summed E-state index contributed by atoms with van der Waals surface area (Å²) >= 11 is 12.5. The van der Waals surface area contributed by atoms with E-state index in [2.05, 4.69) is 23.9 Å². The first-order valence-electron chi connectivity index (χ1n) is 6.15. The molecule has 18 heavy (non-hydrogen) atoms. The Hall–Kier alpha value is -0.640. The molecule has 0 atom stereocenters. The maximum absolute atomic E-state index is 6.25. The summed E-state index contributed by atoms with van der Waals surface area (Å²) < 4.78 is 0. The predicted molar refractivity (Wildman–Crippen MR) is 79.8 cm³/mol. The molecular weight excluding hydrogens is 269 g/mol. The summed E-state index contributed by atoms with van der Waals surface area (Å²) in [6.07, 6.45) is 2.26. The standard InChI is InChI=1S/C13H19Cl2N3/c1-17(2)10-3-5-18(6-4-10)13-11(14)7-9(16)8-12(13)15/h7-8,10H,3-6,16H2,1-2H3. The Labute approximate surface area is 118 Å². The minimum atomic E-state index is 0.608. The third kappa shape index (κ3) is 2.85. The normalized spacial score (nSPS) is 17.5. The van der Waals surface area contributed by atoms with Crippen molar-refractivity contribution in [1.82, 2.24) is 4.90 Å². The van der Waals surface area contributed by atoms with E-state index in [4.69, 9.17) is 28.9 Å². The van der Waals surface area contributed by atoms with Crippen LogP contribution in [0.15, 0.2) is 12.1 Å². The van der Waals surface area contributed by atoms with Gasteiger partial charge in [0.25, 0.3) is 0 Å². The quantitative estimate of drug-likeness (QED) is 0.849. The van der Waals surface area contributed by atoms with Crippen LogP contribution in [-0.4, -0.2) is 38.1 Å². The lowest BCUT2D eigenvalue weighted by molar-refractivity contribution is 0.249. The molecule has 0 amide bonds. The summed E-state index contributed by atoms with van der Waals surface area (Å²) in [5, 5.41) is 1.28. The molecule has 5 heteroatoms. The van der Waals surface area contributed by atoms with Crippen LogP contribution in [-0.2, 0) is 0 Å². The van der Waals surface area contributed by atoms with Gasteiger partial charge in [0.05, 0.1) is 15.7 Å². The van der Waals surface area contributed by atoms with E-state index in [0.29, 0.717) is 21.8 Å². The zero-order valence-corrected chi connectivity index (χ0v) is 12.3. The smallest absolute Gasteiger partial charge is 0.0746 e.